The van der Waals surface area contributed by atoms with Crippen molar-refractivity contribution in [3.63, 3.8) is 0 Å². The van der Waals surface area contributed by atoms with Crippen LogP contribution in [-0.2, 0) is 6.42 Å². The highest BCUT2D eigenvalue weighted by molar-refractivity contribution is 6.23. The number of rotatable bonds is 4. The molecule has 3 nitrogen and oxygen atoms in total. The van der Waals surface area contributed by atoms with Crippen molar-refractivity contribution in [2.75, 3.05) is 7.11 Å². The maximum absolute atomic E-state index is 12.2. The molecule has 0 aliphatic heterocycles. The summed E-state index contributed by atoms with van der Waals surface area (Å²) in [6.07, 6.45) is 7.20. The molecule has 2 aromatic rings. The van der Waals surface area contributed by atoms with Crippen LogP contribution in [-0.4, -0.2) is 18.7 Å². The lowest BCUT2D eigenvalue weighted by Crippen LogP contribution is -2.15. The van der Waals surface area contributed by atoms with Gasteiger partial charge in [0.15, 0.2) is 11.6 Å². The van der Waals surface area contributed by atoms with Crippen LogP contribution in [0.5, 0.6) is 5.75 Å². The SMILES string of the molecule is COc1ccc(C/C=C/c2ccccc2)c2c1C(=O)C=CC2=O. The van der Waals surface area contributed by atoms with E-state index in [1.807, 2.05) is 48.6 Å². The Morgan fingerprint density at radius 1 is 0.913 bits per heavy atom. The number of allylic oxidation sites excluding steroid dienone is 3. The third-order valence-electron chi connectivity index (χ3n) is 3.80. The van der Waals surface area contributed by atoms with E-state index in [2.05, 4.69) is 0 Å². The third-order valence-corrected chi connectivity index (χ3v) is 3.80. The van der Waals surface area contributed by atoms with Crippen molar-refractivity contribution in [2.45, 2.75) is 6.42 Å². The van der Waals surface area contributed by atoms with Crippen molar-refractivity contribution in [2.24, 2.45) is 0 Å². The van der Waals surface area contributed by atoms with Gasteiger partial charge in [0, 0.05) is 5.56 Å². The second-order valence-corrected chi connectivity index (χ2v) is 5.26. The predicted octanol–water partition coefficient (Wildman–Crippen LogP) is 3.89. The fourth-order valence-corrected chi connectivity index (χ4v) is 2.70. The van der Waals surface area contributed by atoms with E-state index in [1.54, 1.807) is 6.07 Å². The van der Waals surface area contributed by atoms with Crippen LogP contribution >= 0.6 is 0 Å². The summed E-state index contributed by atoms with van der Waals surface area (Å²) in [5, 5.41) is 0. The molecule has 0 radical (unpaired) electrons. The number of ketones is 2. The minimum absolute atomic E-state index is 0.151. The van der Waals surface area contributed by atoms with Crippen LogP contribution in [0.4, 0.5) is 0 Å². The lowest BCUT2D eigenvalue weighted by molar-refractivity contribution is 0.0991. The van der Waals surface area contributed by atoms with Crippen LogP contribution in [0.15, 0.2) is 60.7 Å². The molecule has 0 fully saturated rings. The molecule has 3 rings (SSSR count). The Morgan fingerprint density at radius 3 is 2.30 bits per heavy atom. The molecule has 0 amide bonds. The van der Waals surface area contributed by atoms with E-state index in [9.17, 15) is 9.59 Å². The summed E-state index contributed by atoms with van der Waals surface area (Å²) in [5.74, 6) is 0.102. The predicted molar refractivity (Wildman–Crippen MR) is 90.0 cm³/mol. The molecule has 0 saturated carbocycles. The number of benzene rings is 2. The first-order chi connectivity index (χ1) is 11.2. The van der Waals surface area contributed by atoms with E-state index >= 15 is 0 Å². The molecule has 0 spiro atoms. The van der Waals surface area contributed by atoms with Gasteiger partial charge in [-0.2, -0.15) is 0 Å². The van der Waals surface area contributed by atoms with Gasteiger partial charge in [0.25, 0.3) is 0 Å². The third kappa shape index (κ3) is 2.99. The molecule has 0 atom stereocenters. The first-order valence-corrected chi connectivity index (χ1v) is 7.39. The maximum atomic E-state index is 12.2. The van der Waals surface area contributed by atoms with E-state index in [0.717, 1.165) is 11.1 Å². The smallest absolute Gasteiger partial charge is 0.190 e. The van der Waals surface area contributed by atoms with E-state index in [1.165, 1.54) is 19.3 Å². The zero-order chi connectivity index (χ0) is 16.2. The van der Waals surface area contributed by atoms with Gasteiger partial charge in [0.05, 0.1) is 12.7 Å². The largest absolute Gasteiger partial charge is 0.496 e. The number of ether oxygens (including phenoxy) is 1. The van der Waals surface area contributed by atoms with Gasteiger partial charge in [-0.15, -0.1) is 0 Å². The van der Waals surface area contributed by atoms with Gasteiger partial charge in [-0.3, -0.25) is 9.59 Å². The van der Waals surface area contributed by atoms with Gasteiger partial charge < -0.3 is 4.74 Å². The molecular weight excluding hydrogens is 288 g/mol. The molecule has 0 heterocycles. The summed E-state index contributed by atoms with van der Waals surface area (Å²) in [5.41, 5.74) is 2.74. The van der Waals surface area contributed by atoms with Crippen LogP contribution in [0.25, 0.3) is 6.08 Å². The highest BCUT2D eigenvalue weighted by atomic mass is 16.5. The average Bonchev–Trinajstić information content (AvgIpc) is 2.59. The minimum atomic E-state index is -0.190. The summed E-state index contributed by atoms with van der Waals surface area (Å²) in [4.78, 5) is 24.4. The van der Waals surface area contributed by atoms with Crippen molar-refractivity contribution in [1.82, 2.24) is 0 Å². The molecule has 3 heteroatoms. The number of hydrogen-bond acceptors (Lipinski definition) is 3. The highest BCUT2D eigenvalue weighted by Gasteiger charge is 2.25. The summed E-state index contributed by atoms with van der Waals surface area (Å²) in [6.45, 7) is 0. The molecule has 0 aromatic heterocycles. The first kappa shape index (κ1) is 15.0. The Morgan fingerprint density at radius 2 is 1.61 bits per heavy atom. The Balaban J connectivity index is 1.95. The van der Waals surface area contributed by atoms with Crippen molar-refractivity contribution < 1.29 is 14.3 Å². The average molecular weight is 304 g/mol. The molecule has 0 bridgehead atoms. The minimum Gasteiger partial charge on any atom is -0.496 e. The Kier molecular flexibility index (Phi) is 4.20. The van der Waals surface area contributed by atoms with E-state index < -0.39 is 0 Å². The highest BCUT2D eigenvalue weighted by Crippen LogP contribution is 2.30. The Hall–Kier alpha value is -2.94. The zero-order valence-electron chi connectivity index (χ0n) is 12.8. The fourth-order valence-electron chi connectivity index (χ4n) is 2.70. The molecule has 0 N–H and O–H groups in total. The zero-order valence-corrected chi connectivity index (χ0v) is 12.8. The molecular formula is C20H16O3. The van der Waals surface area contributed by atoms with Crippen LogP contribution in [0.2, 0.25) is 0 Å². The van der Waals surface area contributed by atoms with Gasteiger partial charge in [0.1, 0.15) is 5.75 Å². The van der Waals surface area contributed by atoms with E-state index in [4.69, 9.17) is 4.74 Å². The normalized spacial score (nSPS) is 13.4. The lowest BCUT2D eigenvalue weighted by atomic mass is 9.88. The number of hydrogen-bond donors (Lipinski definition) is 0. The van der Waals surface area contributed by atoms with Crippen molar-refractivity contribution in [3.8, 4) is 5.75 Å². The monoisotopic (exact) mass is 304 g/mol. The van der Waals surface area contributed by atoms with Crippen LogP contribution in [0, 0.1) is 0 Å². The van der Waals surface area contributed by atoms with Crippen LogP contribution in [0.1, 0.15) is 31.8 Å². The molecule has 114 valence electrons. The van der Waals surface area contributed by atoms with E-state index in [-0.39, 0.29) is 11.6 Å². The van der Waals surface area contributed by atoms with Gasteiger partial charge >= 0.3 is 0 Å². The fraction of sp³-hybridized carbons (Fsp3) is 0.100. The first-order valence-electron chi connectivity index (χ1n) is 7.39. The number of fused-ring (bicyclic) bond motifs is 1. The standard InChI is InChI=1S/C20H16O3/c1-23-18-13-10-15(9-5-8-14-6-3-2-4-7-14)19-16(21)11-12-17(22)20(18)19/h2-8,10-13H,9H2,1H3/b8-5+. The Bertz CT molecular complexity index is 814. The number of methoxy groups -OCH3 is 1. The number of carbonyl (C=O) groups is 2. The summed E-state index contributed by atoms with van der Waals surface area (Å²) in [6, 6.07) is 13.5. The molecule has 0 unspecified atom stereocenters. The van der Waals surface area contributed by atoms with Crippen molar-refractivity contribution in [1.29, 1.82) is 0 Å². The maximum Gasteiger partial charge on any atom is 0.190 e. The van der Waals surface area contributed by atoms with E-state index in [0.29, 0.717) is 23.3 Å². The molecule has 23 heavy (non-hydrogen) atoms. The van der Waals surface area contributed by atoms with Gasteiger partial charge in [-0.05, 0) is 35.8 Å². The van der Waals surface area contributed by atoms with Gasteiger partial charge in [-0.25, -0.2) is 0 Å². The summed E-state index contributed by atoms with van der Waals surface area (Å²) >= 11 is 0. The lowest BCUT2D eigenvalue weighted by Gasteiger charge is -2.16. The molecule has 1 aliphatic carbocycles. The van der Waals surface area contributed by atoms with Crippen molar-refractivity contribution >= 4 is 17.6 Å². The molecule has 1 aliphatic rings. The Labute approximate surface area is 134 Å². The quantitative estimate of drug-likeness (QED) is 0.860. The van der Waals surface area contributed by atoms with Crippen LogP contribution < -0.4 is 4.74 Å². The second kappa shape index (κ2) is 6.44. The van der Waals surface area contributed by atoms with Gasteiger partial charge in [0.2, 0.25) is 0 Å². The summed E-state index contributed by atoms with van der Waals surface area (Å²) < 4.78 is 5.24. The second-order valence-electron chi connectivity index (χ2n) is 5.26. The van der Waals surface area contributed by atoms with Gasteiger partial charge in [-0.1, -0.05) is 48.6 Å². The summed E-state index contributed by atoms with van der Waals surface area (Å²) in [7, 11) is 1.50. The topological polar surface area (TPSA) is 43.4 Å². The molecule has 0 saturated heterocycles. The van der Waals surface area contributed by atoms with Crippen LogP contribution in [0.3, 0.4) is 0 Å². The molecule has 2 aromatic carbocycles. The number of carbonyl (C=O) groups excluding carboxylic acids is 2. The van der Waals surface area contributed by atoms with Crippen molar-refractivity contribution in [3.05, 3.63) is 82.9 Å².